The molecule has 0 saturated carbocycles. The van der Waals surface area contributed by atoms with Crippen LogP contribution in [0.4, 0.5) is 0 Å². The molecule has 0 aromatic heterocycles. The third kappa shape index (κ3) is 36.1. The molecule has 11 fully saturated rings. The molecule has 11 aliphatic heterocycles. The van der Waals surface area contributed by atoms with Crippen LogP contribution in [0.25, 0.3) is 0 Å². The summed E-state index contributed by atoms with van der Waals surface area (Å²) in [5, 5.41) is 0. The van der Waals surface area contributed by atoms with Crippen molar-refractivity contribution in [1.82, 2.24) is 68.6 Å². The van der Waals surface area contributed by atoms with E-state index >= 15 is 0 Å². The van der Waals surface area contributed by atoms with E-state index in [0.717, 1.165) is 47.3 Å². The van der Waals surface area contributed by atoms with Gasteiger partial charge in [0.15, 0.2) is 0 Å². The fraction of sp³-hybridized carbons (Fsp3) is 1.00. The highest BCUT2D eigenvalue weighted by molar-refractivity contribution is 4.96. The second kappa shape index (κ2) is 43.1. The SMILES string of the molecule is CC(C)(C)C1CCN(C(C)(C)C)CC1.CC(C)(C)C1CCN(CCC2CN(C(C)(C)C)C2)CC1.CC(C)(C)C1CCN(C[C@H]2CCN(C(C)(C)C)C2)CC1.CC(C)(C)N1CCN(CCC2CN(C(C)(C)C)C2)CC1.CC(C)(C)N1CCN(C[C@@H]2CCCN(C(C)(C)C)C2)CC1.CC(C)(C)N1CCN(C[C@H]2CCN(C(C)(C)C)C2)CC1. The Morgan fingerprint density at radius 1 is 0.174 bits per heavy atom. The summed E-state index contributed by atoms with van der Waals surface area (Å²) in [7, 11) is 0. The Morgan fingerprint density at radius 2 is 0.374 bits per heavy atom. The lowest BCUT2D eigenvalue weighted by Gasteiger charge is -2.48. The molecular formula is C101H206N14. The van der Waals surface area contributed by atoms with Crippen LogP contribution in [0.15, 0.2) is 0 Å². The van der Waals surface area contributed by atoms with Gasteiger partial charge < -0.3 is 24.5 Å². The normalized spacial score (nSPS) is 26.3. The molecule has 3 atom stereocenters. The van der Waals surface area contributed by atoms with Crippen LogP contribution in [-0.2, 0) is 0 Å². The lowest BCUT2D eigenvalue weighted by molar-refractivity contribution is 0.00138. The van der Waals surface area contributed by atoms with Gasteiger partial charge in [0.2, 0.25) is 0 Å². The summed E-state index contributed by atoms with van der Waals surface area (Å²) in [5.41, 5.74) is 4.67. The number of piperidine rings is 4. The molecule has 0 amide bonds. The van der Waals surface area contributed by atoms with Gasteiger partial charge in [0.1, 0.15) is 0 Å². The van der Waals surface area contributed by atoms with Crippen LogP contribution in [0.5, 0.6) is 0 Å². The molecule has 0 radical (unpaired) electrons. The first-order valence-electron chi connectivity index (χ1n) is 48.9. The number of likely N-dealkylation sites (tertiary alicyclic amines) is 8. The van der Waals surface area contributed by atoms with Crippen molar-refractivity contribution in [2.24, 2.45) is 63.6 Å². The van der Waals surface area contributed by atoms with Crippen LogP contribution >= 0.6 is 0 Å². The maximum atomic E-state index is 2.74. The summed E-state index contributed by atoms with van der Waals surface area (Å²) in [6.45, 7) is 127. The van der Waals surface area contributed by atoms with Gasteiger partial charge in [-0.1, -0.05) is 62.3 Å². The molecule has 11 heterocycles. The zero-order valence-corrected chi connectivity index (χ0v) is 84.7. The van der Waals surface area contributed by atoms with Crippen LogP contribution in [0.1, 0.15) is 326 Å². The van der Waals surface area contributed by atoms with Gasteiger partial charge in [0, 0.05) is 194 Å². The molecule has 11 saturated heterocycles. The standard InChI is InChI=1S/C18H37N3.2C18H36N2.2C17H35N3.C13H27N/c1-17(2,3)20-12-10-19(11-13-20)14-16-8-7-9-21(15-16)18(4,5)6;1-17(2,3)16-8-10-19(11-9-16)13-15-7-12-20(14-15)18(4,5)6;1-17(2,3)16-8-11-19(12-9-16)10-7-15-13-20(14-15)18(4,5)6;1-16(2,3)19-11-9-18(10-12-19)13-15-7-8-20(14-15)17(4,5)6;1-16(2,3)19-11-9-18(10-12-19)8-7-15-13-20(14-15)17(4,5)6;1-12(2,3)11-7-9-14(10-8-11)13(4,5)6/h16H,7-15H2,1-6H3;2*15-16H,7-14H2,1-6H3;2*15H,7-14H2,1-6H3;11H,7-10H2,1-6H3/t16-;15-;;15-;;/m01.1../s1. The van der Waals surface area contributed by atoms with E-state index in [1.807, 2.05) is 0 Å². The Hall–Kier alpha value is -0.560. The topological polar surface area (TPSA) is 45.4 Å². The highest BCUT2D eigenvalue weighted by Gasteiger charge is 2.41. The smallest absolute Gasteiger partial charge is 0.0126 e. The summed E-state index contributed by atoms with van der Waals surface area (Å²) >= 11 is 0. The van der Waals surface area contributed by atoms with E-state index < -0.39 is 0 Å². The maximum Gasteiger partial charge on any atom is 0.0126 e. The minimum absolute atomic E-state index is 0.333. The minimum atomic E-state index is 0.333. The largest absolute Gasteiger partial charge is 0.303 e. The number of hydrogen-bond acceptors (Lipinski definition) is 14. The summed E-state index contributed by atoms with van der Waals surface area (Å²) < 4.78 is 0. The summed E-state index contributed by atoms with van der Waals surface area (Å²) in [6, 6.07) is 0. The third-order valence-electron chi connectivity index (χ3n) is 30.3. The summed E-state index contributed by atoms with van der Waals surface area (Å²) in [6.07, 6.45) is 16.8. The maximum absolute atomic E-state index is 2.74. The molecule has 0 aliphatic carbocycles. The van der Waals surface area contributed by atoms with E-state index in [0.29, 0.717) is 66.1 Å². The van der Waals surface area contributed by atoms with Gasteiger partial charge in [-0.3, -0.25) is 44.1 Å². The Labute approximate surface area is 720 Å². The van der Waals surface area contributed by atoms with Crippen LogP contribution in [0.2, 0.25) is 0 Å². The Balaban J connectivity index is 0.000000215. The number of hydrogen-bond donors (Lipinski definition) is 0. The fourth-order valence-electron chi connectivity index (χ4n) is 20.7. The van der Waals surface area contributed by atoms with Crippen molar-refractivity contribution in [3.8, 4) is 0 Å². The number of rotatable bonds is 12. The molecule has 0 unspecified atom stereocenters. The molecule has 11 aliphatic rings. The van der Waals surface area contributed by atoms with E-state index in [1.165, 1.54) is 293 Å². The van der Waals surface area contributed by atoms with Crippen molar-refractivity contribution in [2.45, 2.75) is 376 Å². The molecule has 14 nitrogen and oxygen atoms in total. The molecule has 14 heteroatoms. The van der Waals surface area contributed by atoms with Crippen molar-refractivity contribution in [2.75, 3.05) is 216 Å². The van der Waals surface area contributed by atoms with E-state index in [-0.39, 0.29) is 0 Å². The van der Waals surface area contributed by atoms with E-state index in [9.17, 15) is 0 Å². The van der Waals surface area contributed by atoms with Crippen LogP contribution in [0, 0.1) is 63.6 Å². The predicted octanol–water partition coefficient (Wildman–Crippen LogP) is 19.2. The van der Waals surface area contributed by atoms with E-state index in [4.69, 9.17) is 0 Å². The Kier molecular flexibility index (Phi) is 38.7. The first kappa shape index (κ1) is 103. The highest BCUT2D eigenvalue weighted by atomic mass is 15.3. The van der Waals surface area contributed by atoms with Crippen LogP contribution in [-0.4, -0.2) is 334 Å². The van der Waals surface area contributed by atoms with Crippen molar-refractivity contribution < 1.29 is 0 Å². The van der Waals surface area contributed by atoms with Gasteiger partial charge in [-0.2, -0.15) is 0 Å². The molecule has 0 bridgehead atoms. The van der Waals surface area contributed by atoms with Crippen LogP contribution < -0.4 is 0 Å². The summed E-state index contributed by atoms with van der Waals surface area (Å²) in [4.78, 5) is 37.2. The molecule has 11 rings (SSSR count). The first-order valence-corrected chi connectivity index (χ1v) is 48.9. The lowest BCUT2D eigenvalue weighted by atomic mass is 9.75. The number of piperazine rings is 3. The second-order valence-corrected chi connectivity index (χ2v) is 51.8. The zero-order chi connectivity index (χ0) is 86.5. The van der Waals surface area contributed by atoms with Crippen molar-refractivity contribution in [3.63, 3.8) is 0 Å². The Morgan fingerprint density at radius 3 is 0.635 bits per heavy atom. The van der Waals surface area contributed by atoms with Gasteiger partial charge in [-0.05, 0) is 400 Å². The Bertz CT molecular complexity index is 2490. The summed E-state index contributed by atoms with van der Waals surface area (Å²) in [5.74, 6) is 7.33. The first-order chi connectivity index (χ1) is 52.5. The van der Waals surface area contributed by atoms with Crippen molar-refractivity contribution in [3.05, 3.63) is 0 Å². The van der Waals surface area contributed by atoms with Gasteiger partial charge in [-0.25, -0.2) is 0 Å². The van der Waals surface area contributed by atoms with Gasteiger partial charge in [0.05, 0.1) is 0 Å². The molecule has 0 N–H and O–H groups in total. The van der Waals surface area contributed by atoms with E-state index in [1.54, 1.807) is 0 Å². The lowest BCUT2D eigenvalue weighted by Crippen LogP contribution is -2.57. The molecular weight excluding hydrogens is 1410 g/mol. The van der Waals surface area contributed by atoms with Crippen LogP contribution in [0.3, 0.4) is 0 Å². The van der Waals surface area contributed by atoms with Gasteiger partial charge in [-0.15, -0.1) is 0 Å². The molecule has 115 heavy (non-hydrogen) atoms. The third-order valence-corrected chi connectivity index (χ3v) is 30.3. The highest BCUT2D eigenvalue weighted by Crippen LogP contribution is 2.40. The molecule has 0 aromatic rings. The predicted molar refractivity (Wildman–Crippen MR) is 506 cm³/mol. The zero-order valence-electron chi connectivity index (χ0n) is 84.7. The second-order valence-electron chi connectivity index (χ2n) is 51.8. The molecule has 680 valence electrons. The van der Waals surface area contributed by atoms with E-state index in [2.05, 4.69) is 318 Å². The minimum Gasteiger partial charge on any atom is -0.303 e. The fourth-order valence-corrected chi connectivity index (χ4v) is 20.7. The molecule has 0 aromatic carbocycles. The van der Waals surface area contributed by atoms with Crippen molar-refractivity contribution in [1.29, 1.82) is 0 Å². The van der Waals surface area contributed by atoms with Crippen molar-refractivity contribution >= 4 is 0 Å². The van der Waals surface area contributed by atoms with Gasteiger partial charge >= 0.3 is 0 Å². The number of nitrogens with zero attached hydrogens (tertiary/aromatic N) is 14. The van der Waals surface area contributed by atoms with Gasteiger partial charge in [0.25, 0.3) is 0 Å². The molecule has 0 spiro atoms. The average molecular weight is 1620 g/mol. The average Bonchev–Trinajstić information content (AvgIpc) is 1.23. The monoisotopic (exact) mass is 1620 g/mol. The quantitative estimate of drug-likeness (QED) is 0.186.